The van der Waals surface area contributed by atoms with Gasteiger partial charge >= 0.3 is 0 Å². The van der Waals surface area contributed by atoms with Gasteiger partial charge in [-0.25, -0.2) is 0 Å². The van der Waals surface area contributed by atoms with Crippen LogP contribution in [0.15, 0.2) is 4.52 Å². The second-order valence-corrected chi connectivity index (χ2v) is 5.51. The van der Waals surface area contributed by atoms with Crippen LogP contribution in [0, 0.1) is 5.92 Å². The summed E-state index contributed by atoms with van der Waals surface area (Å²) in [5, 5.41) is 7.42. The van der Waals surface area contributed by atoms with Gasteiger partial charge in [0, 0.05) is 19.0 Å². The van der Waals surface area contributed by atoms with E-state index in [0.29, 0.717) is 18.4 Å². The summed E-state index contributed by atoms with van der Waals surface area (Å²) in [5.74, 6) is 2.84. The lowest BCUT2D eigenvalue weighted by Gasteiger charge is -2.23. The minimum absolute atomic E-state index is 0.0671. The summed E-state index contributed by atoms with van der Waals surface area (Å²) >= 11 is 0. The van der Waals surface area contributed by atoms with E-state index in [1.165, 1.54) is 25.7 Å². The topological polar surface area (TPSA) is 60.2 Å². The molecule has 1 saturated heterocycles. The number of morpholine rings is 1. The van der Waals surface area contributed by atoms with Crippen LogP contribution in [0.2, 0.25) is 0 Å². The average molecular weight is 251 g/mol. The van der Waals surface area contributed by atoms with Crippen molar-refractivity contribution in [3.63, 3.8) is 0 Å². The van der Waals surface area contributed by atoms with Crippen molar-refractivity contribution in [2.75, 3.05) is 19.7 Å². The van der Waals surface area contributed by atoms with E-state index < -0.39 is 0 Å². The zero-order chi connectivity index (χ0) is 12.4. The summed E-state index contributed by atoms with van der Waals surface area (Å²) in [4.78, 5) is 4.54. The molecule has 2 heterocycles. The van der Waals surface area contributed by atoms with Gasteiger partial charge in [-0.2, -0.15) is 4.98 Å². The molecule has 0 radical (unpaired) electrons. The highest BCUT2D eigenvalue weighted by molar-refractivity contribution is 4.99. The van der Waals surface area contributed by atoms with Crippen LogP contribution in [-0.4, -0.2) is 29.8 Å². The molecule has 2 fully saturated rings. The molecular weight excluding hydrogens is 230 g/mol. The number of ether oxygens (including phenoxy) is 1. The van der Waals surface area contributed by atoms with E-state index in [4.69, 9.17) is 9.26 Å². The lowest BCUT2D eigenvalue weighted by atomic mass is 9.83. The van der Waals surface area contributed by atoms with Crippen LogP contribution < -0.4 is 5.32 Å². The Morgan fingerprint density at radius 1 is 1.22 bits per heavy atom. The highest BCUT2D eigenvalue weighted by Gasteiger charge is 2.27. The molecule has 0 spiro atoms. The van der Waals surface area contributed by atoms with Crippen LogP contribution >= 0.6 is 0 Å². The maximum absolute atomic E-state index is 5.62. The van der Waals surface area contributed by atoms with E-state index in [1.807, 2.05) is 0 Å². The Morgan fingerprint density at radius 3 is 2.78 bits per heavy atom. The van der Waals surface area contributed by atoms with E-state index >= 15 is 0 Å². The number of nitrogens with zero attached hydrogens (tertiary/aromatic N) is 2. The molecule has 1 aromatic rings. The molecule has 1 saturated carbocycles. The Bertz CT molecular complexity index is 379. The van der Waals surface area contributed by atoms with E-state index in [0.717, 1.165) is 24.8 Å². The normalized spacial score (nSPS) is 33.5. The van der Waals surface area contributed by atoms with Gasteiger partial charge in [-0.1, -0.05) is 24.9 Å². The predicted octanol–water partition coefficient (Wildman–Crippen LogP) is 2.02. The van der Waals surface area contributed by atoms with Crippen molar-refractivity contribution in [1.29, 1.82) is 0 Å². The first kappa shape index (κ1) is 12.1. The molecule has 2 aliphatic rings. The number of nitrogens with one attached hydrogen (secondary N) is 1. The second kappa shape index (κ2) is 5.36. The Labute approximate surface area is 107 Å². The zero-order valence-corrected chi connectivity index (χ0v) is 10.9. The Morgan fingerprint density at radius 2 is 2.06 bits per heavy atom. The molecule has 0 bridgehead atoms. The van der Waals surface area contributed by atoms with Gasteiger partial charge in [0.15, 0.2) is 5.82 Å². The highest BCUT2D eigenvalue weighted by Crippen LogP contribution is 2.34. The molecule has 1 atom stereocenters. The fourth-order valence-electron chi connectivity index (χ4n) is 2.79. The summed E-state index contributed by atoms with van der Waals surface area (Å²) in [7, 11) is 0. The van der Waals surface area contributed by atoms with Crippen molar-refractivity contribution in [2.45, 2.75) is 44.6 Å². The van der Waals surface area contributed by atoms with Gasteiger partial charge in [-0.05, 0) is 18.8 Å². The number of aromatic nitrogens is 2. The molecule has 1 N–H and O–H groups in total. The van der Waals surface area contributed by atoms with Gasteiger partial charge in [0.05, 0.1) is 6.61 Å². The predicted molar refractivity (Wildman–Crippen MR) is 66.2 cm³/mol. The third kappa shape index (κ3) is 2.57. The standard InChI is InChI=1S/C13H21N3O2/c1-9-2-4-10(5-3-9)12-15-13(18-16-12)11-8-14-6-7-17-11/h9-11,14H,2-8H2,1H3. The minimum atomic E-state index is -0.0671. The van der Waals surface area contributed by atoms with Crippen LogP contribution in [-0.2, 0) is 4.74 Å². The van der Waals surface area contributed by atoms with Crippen LogP contribution in [0.25, 0.3) is 0 Å². The van der Waals surface area contributed by atoms with Gasteiger partial charge in [0.25, 0.3) is 5.89 Å². The largest absolute Gasteiger partial charge is 0.366 e. The molecule has 0 amide bonds. The molecule has 1 aliphatic carbocycles. The maximum Gasteiger partial charge on any atom is 0.257 e. The third-order valence-corrected chi connectivity index (χ3v) is 4.04. The first-order chi connectivity index (χ1) is 8.83. The fourth-order valence-corrected chi connectivity index (χ4v) is 2.79. The summed E-state index contributed by atoms with van der Waals surface area (Å²) < 4.78 is 11.0. The molecular formula is C13H21N3O2. The molecule has 1 unspecified atom stereocenters. The quantitative estimate of drug-likeness (QED) is 0.871. The third-order valence-electron chi connectivity index (χ3n) is 4.04. The molecule has 3 rings (SSSR count). The molecule has 100 valence electrons. The van der Waals surface area contributed by atoms with Gasteiger partial charge in [0.2, 0.25) is 0 Å². The summed E-state index contributed by atoms with van der Waals surface area (Å²) in [6.07, 6.45) is 4.85. The lowest BCUT2D eigenvalue weighted by Crippen LogP contribution is -2.33. The molecule has 5 nitrogen and oxygen atoms in total. The van der Waals surface area contributed by atoms with Crippen LogP contribution in [0.5, 0.6) is 0 Å². The lowest BCUT2D eigenvalue weighted by molar-refractivity contribution is 0.00755. The SMILES string of the molecule is CC1CCC(c2noc(C3CNCCO3)n2)CC1. The maximum atomic E-state index is 5.62. The molecule has 18 heavy (non-hydrogen) atoms. The molecule has 0 aromatic carbocycles. The zero-order valence-electron chi connectivity index (χ0n) is 10.9. The summed E-state index contributed by atoms with van der Waals surface area (Å²) in [5.41, 5.74) is 0. The summed E-state index contributed by atoms with van der Waals surface area (Å²) in [6.45, 7) is 4.70. The Kier molecular flexibility index (Phi) is 3.61. The summed E-state index contributed by atoms with van der Waals surface area (Å²) in [6, 6.07) is 0. The minimum Gasteiger partial charge on any atom is -0.366 e. The van der Waals surface area contributed by atoms with Crippen molar-refractivity contribution in [2.24, 2.45) is 5.92 Å². The number of hydrogen-bond acceptors (Lipinski definition) is 5. The number of rotatable bonds is 2. The molecule has 1 aromatic heterocycles. The van der Waals surface area contributed by atoms with E-state index in [9.17, 15) is 0 Å². The van der Waals surface area contributed by atoms with Crippen molar-refractivity contribution < 1.29 is 9.26 Å². The average Bonchev–Trinajstić information content (AvgIpc) is 2.90. The van der Waals surface area contributed by atoms with Gasteiger partial charge in [-0.3, -0.25) is 0 Å². The van der Waals surface area contributed by atoms with E-state index in [1.54, 1.807) is 0 Å². The number of hydrogen-bond donors (Lipinski definition) is 1. The van der Waals surface area contributed by atoms with E-state index in [-0.39, 0.29) is 6.10 Å². The first-order valence-corrected chi connectivity index (χ1v) is 6.98. The van der Waals surface area contributed by atoms with Gasteiger partial charge < -0.3 is 14.6 Å². The second-order valence-electron chi connectivity index (χ2n) is 5.51. The smallest absolute Gasteiger partial charge is 0.257 e. The monoisotopic (exact) mass is 251 g/mol. The molecule has 1 aliphatic heterocycles. The van der Waals surface area contributed by atoms with Crippen molar-refractivity contribution in [3.05, 3.63) is 11.7 Å². The van der Waals surface area contributed by atoms with Gasteiger partial charge in [0.1, 0.15) is 6.10 Å². The first-order valence-electron chi connectivity index (χ1n) is 6.98. The molecule has 5 heteroatoms. The van der Waals surface area contributed by atoms with Crippen molar-refractivity contribution in [1.82, 2.24) is 15.5 Å². The van der Waals surface area contributed by atoms with Crippen LogP contribution in [0.1, 0.15) is 56.3 Å². The van der Waals surface area contributed by atoms with Crippen LogP contribution in [0.3, 0.4) is 0 Å². The van der Waals surface area contributed by atoms with Crippen molar-refractivity contribution in [3.8, 4) is 0 Å². The fraction of sp³-hybridized carbons (Fsp3) is 0.846. The van der Waals surface area contributed by atoms with Crippen LogP contribution in [0.4, 0.5) is 0 Å². The Hall–Kier alpha value is -0.940. The highest BCUT2D eigenvalue weighted by atomic mass is 16.5. The Balaban J connectivity index is 1.65. The van der Waals surface area contributed by atoms with E-state index in [2.05, 4.69) is 22.4 Å². The van der Waals surface area contributed by atoms with Crippen molar-refractivity contribution >= 4 is 0 Å². The van der Waals surface area contributed by atoms with Gasteiger partial charge in [-0.15, -0.1) is 0 Å².